The van der Waals surface area contributed by atoms with Crippen LogP contribution in [0.4, 0.5) is 0 Å². The molecule has 0 rings (SSSR count). The SMILES string of the molecule is CCCCCC/C=C/CCCCCCCCCC(=O)OC[C@H](COP(=O)(O)OC[C@H](N)C(=O)O)OC(=O)CC/C=C/CCCCCCCCCCCCC. The molecule has 0 fully saturated rings. The molecule has 0 aliphatic rings. The third-order valence-electron chi connectivity index (χ3n) is 9.19. The minimum Gasteiger partial charge on any atom is -0.480 e. The fourth-order valence-corrected chi connectivity index (χ4v) is 6.56. The maximum atomic E-state index is 12.6. The zero-order chi connectivity index (χ0) is 40.0. The first kappa shape index (κ1) is 52.0. The van der Waals surface area contributed by atoms with Crippen molar-refractivity contribution in [2.75, 3.05) is 19.8 Å². The number of carbonyl (C=O) groups excluding carboxylic acids is 2. The average molecular weight is 788 g/mol. The van der Waals surface area contributed by atoms with Gasteiger partial charge in [-0.15, -0.1) is 0 Å². The third-order valence-corrected chi connectivity index (χ3v) is 10.1. The van der Waals surface area contributed by atoms with Gasteiger partial charge in [-0.3, -0.25) is 23.4 Å². The molecule has 0 saturated carbocycles. The number of nitrogens with two attached hydrogens (primary N) is 1. The van der Waals surface area contributed by atoms with E-state index in [2.05, 4.69) is 36.6 Å². The Morgan fingerprint density at radius 1 is 0.556 bits per heavy atom. The van der Waals surface area contributed by atoms with Crippen molar-refractivity contribution in [3.05, 3.63) is 24.3 Å². The standard InChI is InChI=1S/C42H78NO10P/c1-3-5-7-9-11-13-15-17-19-21-23-25-27-29-31-33-40(44)50-35-38(36-51-54(48,49)52-37-39(43)42(46)47)53-41(45)34-32-30-28-26-24-22-20-18-16-14-12-10-8-6-4-2/h13,15,28,30,38-39H,3-12,14,16-27,29,31-37,43H2,1-2H3,(H,46,47)(H,48,49)/b15-13+,30-28+/t38-,39+/m1/s1. The van der Waals surface area contributed by atoms with Crippen molar-refractivity contribution < 1.29 is 47.5 Å². The summed E-state index contributed by atoms with van der Waals surface area (Å²) in [4.78, 5) is 45.9. The zero-order valence-corrected chi connectivity index (χ0v) is 35.0. The number of phosphoric acid groups is 1. The molecule has 54 heavy (non-hydrogen) atoms. The molecule has 0 spiro atoms. The summed E-state index contributed by atoms with van der Waals surface area (Å²) in [5, 5.41) is 8.88. The van der Waals surface area contributed by atoms with Crippen molar-refractivity contribution in [2.24, 2.45) is 5.73 Å². The summed E-state index contributed by atoms with van der Waals surface area (Å²) in [6, 6.07) is -1.52. The smallest absolute Gasteiger partial charge is 0.472 e. The summed E-state index contributed by atoms with van der Waals surface area (Å²) in [5.41, 5.74) is 5.32. The van der Waals surface area contributed by atoms with Crippen molar-refractivity contribution in [1.82, 2.24) is 0 Å². The van der Waals surface area contributed by atoms with Crippen LogP contribution in [0.3, 0.4) is 0 Å². The van der Waals surface area contributed by atoms with Gasteiger partial charge >= 0.3 is 25.7 Å². The Morgan fingerprint density at radius 2 is 0.963 bits per heavy atom. The molecule has 0 radical (unpaired) electrons. The molecule has 0 aliphatic carbocycles. The average Bonchev–Trinajstić information content (AvgIpc) is 3.14. The number of allylic oxidation sites excluding steroid dienone is 4. The van der Waals surface area contributed by atoms with Crippen LogP contribution in [0.15, 0.2) is 24.3 Å². The third kappa shape index (κ3) is 36.9. The van der Waals surface area contributed by atoms with Gasteiger partial charge in [0, 0.05) is 12.8 Å². The molecule has 316 valence electrons. The second-order valence-electron chi connectivity index (χ2n) is 14.5. The molecule has 0 aromatic heterocycles. The lowest BCUT2D eigenvalue weighted by Gasteiger charge is -2.20. The van der Waals surface area contributed by atoms with Gasteiger partial charge in [0.15, 0.2) is 6.10 Å². The number of ether oxygens (including phenoxy) is 2. The lowest BCUT2D eigenvalue weighted by molar-refractivity contribution is -0.161. The second kappa shape index (κ2) is 37.9. The highest BCUT2D eigenvalue weighted by Crippen LogP contribution is 2.43. The van der Waals surface area contributed by atoms with Crippen LogP contribution in [-0.2, 0) is 37.5 Å². The van der Waals surface area contributed by atoms with Crippen LogP contribution in [0.5, 0.6) is 0 Å². The number of carboxylic acids is 1. The molecule has 0 bridgehead atoms. The first-order valence-corrected chi connectivity index (χ1v) is 22.9. The summed E-state index contributed by atoms with van der Waals surface area (Å²) in [6.07, 6.45) is 38.2. The highest BCUT2D eigenvalue weighted by molar-refractivity contribution is 7.47. The van der Waals surface area contributed by atoms with Gasteiger partial charge in [-0.1, -0.05) is 154 Å². The molecular formula is C42H78NO10P. The molecule has 0 saturated heterocycles. The first-order chi connectivity index (χ1) is 26.1. The molecule has 0 amide bonds. The number of phosphoric ester groups is 1. The highest BCUT2D eigenvalue weighted by Gasteiger charge is 2.28. The van der Waals surface area contributed by atoms with Crippen LogP contribution in [0.25, 0.3) is 0 Å². The Labute approximate surface area is 328 Å². The quantitative estimate of drug-likeness (QED) is 0.0233. The predicted molar refractivity (Wildman–Crippen MR) is 217 cm³/mol. The van der Waals surface area contributed by atoms with Crippen LogP contribution in [-0.4, -0.2) is 59.9 Å². The molecule has 12 heteroatoms. The molecule has 0 heterocycles. The van der Waals surface area contributed by atoms with E-state index in [-0.39, 0.29) is 19.4 Å². The lowest BCUT2D eigenvalue weighted by atomic mass is 10.1. The van der Waals surface area contributed by atoms with Crippen LogP contribution < -0.4 is 5.73 Å². The van der Waals surface area contributed by atoms with Gasteiger partial charge in [-0.2, -0.15) is 0 Å². The summed E-state index contributed by atoms with van der Waals surface area (Å²) >= 11 is 0. The van der Waals surface area contributed by atoms with Crippen molar-refractivity contribution in [3.63, 3.8) is 0 Å². The summed E-state index contributed by atoms with van der Waals surface area (Å²) in [5.74, 6) is -2.44. The number of carbonyl (C=O) groups is 3. The number of rotatable bonds is 40. The monoisotopic (exact) mass is 788 g/mol. The topological polar surface area (TPSA) is 172 Å². The van der Waals surface area contributed by atoms with E-state index in [1.807, 2.05) is 6.08 Å². The molecule has 1 unspecified atom stereocenters. The molecule has 3 atom stereocenters. The minimum absolute atomic E-state index is 0.0791. The number of hydrogen-bond acceptors (Lipinski definition) is 9. The van der Waals surface area contributed by atoms with Crippen molar-refractivity contribution in [1.29, 1.82) is 0 Å². The van der Waals surface area contributed by atoms with Gasteiger partial charge in [-0.05, 0) is 51.4 Å². The van der Waals surface area contributed by atoms with E-state index in [0.29, 0.717) is 12.8 Å². The van der Waals surface area contributed by atoms with Crippen molar-refractivity contribution in [3.8, 4) is 0 Å². The highest BCUT2D eigenvalue weighted by atomic mass is 31.2. The number of esters is 2. The summed E-state index contributed by atoms with van der Waals surface area (Å²) in [6.45, 7) is 2.75. The molecule has 11 nitrogen and oxygen atoms in total. The Balaban J connectivity index is 4.41. The Morgan fingerprint density at radius 3 is 1.44 bits per heavy atom. The van der Waals surface area contributed by atoms with E-state index in [1.54, 1.807) is 0 Å². The van der Waals surface area contributed by atoms with E-state index in [4.69, 9.17) is 24.8 Å². The Bertz CT molecular complexity index is 1020. The number of aliphatic carboxylic acids is 1. The second-order valence-corrected chi connectivity index (χ2v) is 15.9. The predicted octanol–water partition coefficient (Wildman–Crippen LogP) is 11.1. The Hall–Kier alpha value is -2.04. The van der Waals surface area contributed by atoms with E-state index in [9.17, 15) is 23.8 Å². The first-order valence-electron chi connectivity index (χ1n) is 21.4. The molecular weight excluding hydrogens is 709 g/mol. The maximum Gasteiger partial charge on any atom is 0.472 e. The molecule has 4 N–H and O–H groups in total. The van der Waals surface area contributed by atoms with Gasteiger partial charge < -0.3 is 25.2 Å². The number of carboxylic acid groups (broad SMARTS) is 1. The normalized spacial score (nSPS) is 14.0. The summed E-state index contributed by atoms with van der Waals surface area (Å²) < 4.78 is 32.6. The van der Waals surface area contributed by atoms with Gasteiger partial charge in [0.1, 0.15) is 12.6 Å². The van der Waals surface area contributed by atoms with E-state index >= 15 is 0 Å². The fraction of sp³-hybridized carbons (Fsp3) is 0.833. The molecule has 0 aliphatic heterocycles. The zero-order valence-electron chi connectivity index (χ0n) is 34.1. The number of hydrogen-bond donors (Lipinski definition) is 3. The summed E-state index contributed by atoms with van der Waals surface area (Å²) in [7, 11) is -4.72. The van der Waals surface area contributed by atoms with Gasteiger partial charge in [0.2, 0.25) is 0 Å². The maximum absolute atomic E-state index is 12.6. The molecule has 0 aromatic rings. The van der Waals surface area contributed by atoms with Crippen LogP contribution >= 0.6 is 7.82 Å². The van der Waals surface area contributed by atoms with Gasteiger partial charge in [0.25, 0.3) is 0 Å². The van der Waals surface area contributed by atoms with Crippen molar-refractivity contribution in [2.45, 2.75) is 206 Å². The minimum atomic E-state index is -4.72. The van der Waals surface area contributed by atoms with E-state index in [0.717, 1.165) is 38.5 Å². The molecule has 0 aromatic carbocycles. The Kier molecular flexibility index (Phi) is 36.4. The van der Waals surface area contributed by atoms with Crippen molar-refractivity contribution >= 4 is 25.7 Å². The van der Waals surface area contributed by atoms with E-state index < -0.39 is 51.1 Å². The van der Waals surface area contributed by atoms with Crippen LogP contribution in [0.1, 0.15) is 194 Å². The van der Waals surface area contributed by atoms with Gasteiger partial charge in [0.05, 0.1) is 13.2 Å². The fourth-order valence-electron chi connectivity index (χ4n) is 5.78. The van der Waals surface area contributed by atoms with E-state index in [1.165, 1.54) is 116 Å². The largest absolute Gasteiger partial charge is 0.480 e. The lowest BCUT2D eigenvalue weighted by Crippen LogP contribution is -2.34. The van der Waals surface area contributed by atoms with Gasteiger partial charge in [-0.25, -0.2) is 4.57 Å². The number of unbranched alkanes of at least 4 members (excludes halogenated alkanes) is 22. The van der Waals surface area contributed by atoms with Crippen LogP contribution in [0.2, 0.25) is 0 Å². The van der Waals surface area contributed by atoms with Crippen LogP contribution in [0, 0.1) is 0 Å².